The lowest BCUT2D eigenvalue weighted by Crippen LogP contribution is -2.23. The lowest BCUT2D eigenvalue weighted by atomic mass is 10.2. The smallest absolute Gasteiger partial charge is 0.253 e. The number of furan rings is 1. The molecule has 1 amide bonds. The normalized spacial score (nSPS) is 11.0. The van der Waals surface area contributed by atoms with Gasteiger partial charge >= 0.3 is 0 Å². The summed E-state index contributed by atoms with van der Waals surface area (Å²) < 4.78 is 24.1. The van der Waals surface area contributed by atoms with Gasteiger partial charge in [0.25, 0.3) is 5.91 Å². The largest absolute Gasteiger partial charge is 0.453 e. The van der Waals surface area contributed by atoms with E-state index in [2.05, 4.69) is 10.5 Å². The van der Waals surface area contributed by atoms with Gasteiger partial charge in [0, 0.05) is 11.5 Å². The van der Waals surface area contributed by atoms with Gasteiger partial charge < -0.3 is 14.3 Å². The minimum atomic E-state index is -0.501. The third-order valence-electron chi connectivity index (χ3n) is 3.83. The minimum absolute atomic E-state index is 0.0469. The Morgan fingerprint density at radius 2 is 1.96 bits per heavy atom. The van der Waals surface area contributed by atoms with E-state index in [-0.39, 0.29) is 17.1 Å². The molecule has 0 radical (unpaired) electrons. The molecule has 2 aromatic heterocycles. The fourth-order valence-electron chi connectivity index (χ4n) is 2.55. The van der Waals surface area contributed by atoms with Crippen molar-refractivity contribution in [1.29, 1.82) is 0 Å². The molecule has 0 saturated heterocycles. The van der Waals surface area contributed by atoms with Crippen LogP contribution in [0.5, 0.6) is 0 Å². The highest BCUT2D eigenvalue weighted by Crippen LogP contribution is 2.28. The van der Waals surface area contributed by atoms with Gasteiger partial charge in [-0.05, 0) is 30.3 Å². The molecule has 4 aromatic rings. The average molecular weight is 371 g/mol. The number of fused-ring (bicyclic) bond motifs is 1. The summed E-state index contributed by atoms with van der Waals surface area (Å²) in [5.74, 6) is 0.0879. The van der Waals surface area contributed by atoms with Crippen molar-refractivity contribution in [3.63, 3.8) is 0 Å². The van der Waals surface area contributed by atoms with Crippen LogP contribution in [0, 0.1) is 5.82 Å². The average Bonchev–Trinajstić information content (AvgIpc) is 3.26. The minimum Gasteiger partial charge on any atom is -0.453 e. The number of aromatic nitrogens is 1. The summed E-state index contributed by atoms with van der Waals surface area (Å²) in [5.41, 5.74) is 1.46. The Labute approximate surface area is 152 Å². The third kappa shape index (κ3) is 3.19. The van der Waals surface area contributed by atoms with Crippen molar-refractivity contribution in [1.82, 2.24) is 10.5 Å². The lowest BCUT2D eigenvalue weighted by Gasteiger charge is -2.04. The number of hydrogen-bond donors (Lipinski definition) is 1. The van der Waals surface area contributed by atoms with Gasteiger partial charge in [0.1, 0.15) is 17.1 Å². The lowest BCUT2D eigenvalue weighted by molar-refractivity contribution is 0.0950. The number of hydrogen-bond acceptors (Lipinski definition) is 4. The number of amides is 1. The second kappa shape index (κ2) is 6.65. The molecule has 130 valence electrons. The number of carbonyl (C=O) groups is 1. The quantitative estimate of drug-likeness (QED) is 0.559. The molecule has 0 aliphatic heterocycles. The molecule has 1 N–H and O–H groups in total. The highest BCUT2D eigenvalue weighted by molar-refractivity contribution is 6.33. The maximum absolute atomic E-state index is 13.1. The number of nitrogens with one attached hydrogen (secondary N) is 1. The van der Waals surface area contributed by atoms with E-state index in [0.29, 0.717) is 17.2 Å². The summed E-state index contributed by atoms with van der Waals surface area (Å²) in [6, 6.07) is 14.7. The fraction of sp³-hybridized carbons (Fsp3) is 0.0526. The molecule has 2 aromatic carbocycles. The summed E-state index contributed by atoms with van der Waals surface area (Å²) in [6.07, 6.45) is 0. The van der Waals surface area contributed by atoms with Gasteiger partial charge in [-0.1, -0.05) is 35.0 Å². The van der Waals surface area contributed by atoms with E-state index in [0.717, 1.165) is 17.0 Å². The van der Waals surface area contributed by atoms with Gasteiger partial charge in [0.2, 0.25) is 5.76 Å². The van der Waals surface area contributed by atoms with Gasteiger partial charge in [0.05, 0.1) is 17.1 Å². The summed E-state index contributed by atoms with van der Waals surface area (Å²) in [4.78, 5) is 12.1. The van der Waals surface area contributed by atoms with Crippen molar-refractivity contribution in [2.24, 2.45) is 0 Å². The molecule has 5 nitrogen and oxygen atoms in total. The van der Waals surface area contributed by atoms with Crippen LogP contribution in [0.1, 0.15) is 16.1 Å². The fourth-order valence-corrected chi connectivity index (χ4v) is 2.81. The molecule has 0 aliphatic carbocycles. The Morgan fingerprint density at radius 3 is 2.77 bits per heavy atom. The van der Waals surface area contributed by atoms with Crippen LogP contribution in [0.4, 0.5) is 4.39 Å². The number of benzene rings is 2. The van der Waals surface area contributed by atoms with Crippen LogP contribution in [0.15, 0.2) is 63.5 Å². The molecule has 0 aliphatic rings. The Bertz CT molecular complexity index is 1070. The van der Waals surface area contributed by atoms with Crippen LogP contribution in [0.2, 0.25) is 5.02 Å². The molecule has 2 heterocycles. The molecule has 0 saturated carbocycles. The zero-order valence-electron chi connectivity index (χ0n) is 13.3. The van der Waals surface area contributed by atoms with E-state index in [9.17, 15) is 9.18 Å². The number of carbonyl (C=O) groups excluding carboxylic acids is 1. The van der Waals surface area contributed by atoms with E-state index < -0.39 is 11.7 Å². The second-order valence-electron chi connectivity index (χ2n) is 5.64. The molecule has 0 bridgehead atoms. The first kappa shape index (κ1) is 16.4. The molecule has 0 unspecified atom stereocenters. The Kier molecular flexibility index (Phi) is 4.18. The van der Waals surface area contributed by atoms with Crippen LogP contribution < -0.4 is 5.32 Å². The van der Waals surface area contributed by atoms with Crippen LogP contribution in [0.25, 0.3) is 22.5 Å². The standard InChI is InChI=1S/C19H12ClFN2O3/c20-15-8-12(21)5-6-14(15)19(24)22-10-13-9-18(26-23-13)17-7-11-3-1-2-4-16(11)25-17/h1-9H,10H2,(H,22,24). The van der Waals surface area contributed by atoms with Crippen LogP contribution in [-0.2, 0) is 6.54 Å². The summed E-state index contributed by atoms with van der Waals surface area (Å²) in [7, 11) is 0. The maximum atomic E-state index is 13.1. The first-order valence-corrected chi connectivity index (χ1v) is 8.16. The van der Waals surface area contributed by atoms with Crippen LogP contribution >= 0.6 is 11.6 Å². The highest BCUT2D eigenvalue weighted by Gasteiger charge is 2.14. The molecule has 0 fully saturated rings. The summed E-state index contributed by atoms with van der Waals surface area (Å²) >= 11 is 5.88. The second-order valence-corrected chi connectivity index (χ2v) is 6.05. The molecular formula is C19H12ClFN2O3. The Balaban J connectivity index is 1.47. The number of rotatable bonds is 4. The van der Waals surface area contributed by atoms with E-state index in [1.54, 1.807) is 6.07 Å². The topological polar surface area (TPSA) is 68.3 Å². The van der Waals surface area contributed by atoms with Crippen molar-refractivity contribution >= 4 is 28.5 Å². The van der Waals surface area contributed by atoms with Gasteiger partial charge in [-0.15, -0.1) is 0 Å². The molecule has 0 spiro atoms. The Hall–Kier alpha value is -3.12. The highest BCUT2D eigenvalue weighted by atomic mass is 35.5. The molecule has 26 heavy (non-hydrogen) atoms. The van der Waals surface area contributed by atoms with Crippen molar-refractivity contribution < 1.29 is 18.1 Å². The van der Waals surface area contributed by atoms with Crippen molar-refractivity contribution in [2.75, 3.05) is 0 Å². The van der Waals surface area contributed by atoms with Crippen molar-refractivity contribution in [2.45, 2.75) is 6.54 Å². The first-order valence-electron chi connectivity index (χ1n) is 7.78. The Morgan fingerprint density at radius 1 is 1.12 bits per heavy atom. The summed E-state index contributed by atoms with van der Waals surface area (Å²) in [6.45, 7) is 0.135. The van der Waals surface area contributed by atoms with Crippen molar-refractivity contribution in [3.8, 4) is 11.5 Å². The van der Waals surface area contributed by atoms with E-state index in [1.165, 1.54) is 12.1 Å². The zero-order valence-corrected chi connectivity index (χ0v) is 14.1. The van der Waals surface area contributed by atoms with Gasteiger partial charge in [-0.3, -0.25) is 4.79 Å². The van der Waals surface area contributed by atoms with Crippen molar-refractivity contribution in [3.05, 3.63) is 76.7 Å². The maximum Gasteiger partial charge on any atom is 0.253 e. The molecular weight excluding hydrogens is 359 g/mol. The molecule has 7 heteroatoms. The van der Waals surface area contributed by atoms with E-state index in [1.807, 2.05) is 30.3 Å². The third-order valence-corrected chi connectivity index (χ3v) is 4.15. The first-order chi connectivity index (χ1) is 12.6. The van der Waals surface area contributed by atoms with Gasteiger partial charge in [-0.25, -0.2) is 4.39 Å². The predicted octanol–water partition coefficient (Wildman–Crippen LogP) is 4.81. The predicted molar refractivity (Wildman–Crippen MR) is 94.3 cm³/mol. The van der Waals surface area contributed by atoms with E-state index in [4.69, 9.17) is 20.5 Å². The molecule has 0 atom stereocenters. The monoisotopic (exact) mass is 370 g/mol. The zero-order chi connectivity index (χ0) is 18.1. The van der Waals surface area contributed by atoms with E-state index >= 15 is 0 Å². The van der Waals surface area contributed by atoms with Crippen LogP contribution in [-0.4, -0.2) is 11.1 Å². The van der Waals surface area contributed by atoms with Crippen LogP contribution in [0.3, 0.4) is 0 Å². The number of para-hydroxylation sites is 1. The SMILES string of the molecule is O=C(NCc1cc(-c2cc3ccccc3o2)on1)c1ccc(F)cc1Cl. The number of halogens is 2. The summed E-state index contributed by atoms with van der Waals surface area (Å²) in [5, 5.41) is 7.60. The number of nitrogens with zero attached hydrogens (tertiary/aromatic N) is 1. The molecule has 4 rings (SSSR count). The van der Waals surface area contributed by atoms with Gasteiger partial charge in [-0.2, -0.15) is 0 Å². The van der Waals surface area contributed by atoms with Gasteiger partial charge in [0.15, 0.2) is 5.76 Å².